The molecule has 1 aliphatic heterocycles. The third kappa shape index (κ3) is 3.24. The van der Waals surface area contributed by atoms with Crippen molar-refractivity contribution in [2.45, 2.75) is 19.9 Å². The Labute approximate surface area is 134 Å². The summed E-state index contributed by atoms with van der Waals surface area (Å²) >= 11 is 0. The number of benzene rings is 1. The summed E-state index contributed by atoms with van der Waals surface area (Å²) in [5.41, 5.74) is 1.67. The summed E-state index contributed by atoms with van der Waals surface area (Å²) < 4.78 is 5.04. The average molecular weight is 318 g/mol. The fourth-order valence-corrected chi connectivity index (χ4v) is 2.89. The Balaban J connectivity index is 1.66. The van der Waals surface area contributed by atoms with E-state index in [4.69, 9.17) is 4.74 Å². The van der Waals surface area contributed by atoms with Crippen molar-refractivity contribution in [3.05, 3.63) is 24.0 Å². The minimum atomic E-state index is -0.237. The quantitative estimate of drug-likeness (QED) is 0.906. The van der Waals surface area contributed by atoms with E-state index in [2.05, 4.69) is 21.8 Å². The molecule has 0 radical (unpaired) electrons. The van der Waals surface area contributed by atoms with Crippen molar-refractivity contribution in [1.29, 1.82) is 0 Å². The zero-order chi connectivity index (χ0) is 16.4. The number of fused-ring (bicyclic) bond motifs is 1. The van der Waals surface area contributed by atoms with Gasteiger partial charge in [0.1, 0.15) is 11.6 Å². The molecule has 1 saturated heterocycles. The molecule has 1 aromatic carbocycles. The van der Waals surface area contributed by atoms with E-state index >= 15 is 0 Å². The van der Waals surface area contributed by atoms with E-state index in [1.54, 1.807) is 23.1 Å². The first-order chi connectivity index (χ1) is 11.1. The third-order valence-corrected chi connectivity index (χ3v) is 4.27. The van der Waals surface area contributed by atoms with Crippen molar-refractivity contribution in [3.8, 4) is 5.75 Å². The van der Waals surface area contributed by atoms with Gasteiger partial charge in [-0.2, -0.15) is 0 Å². The van der Waals surface area contributed by atoms with Gasteiger partial charge in [-0.1, -0.05) is 0 Å². The number of amides is 1. The highest BCUT2D eigenvalue weighted by Crippen LogP contribution is 2.24. The van der Waals surface area contributed by atoms with Gasteiger partial charge in [-0.25, -0.2) is 9.78 Å². The summed E-state index contributed by atoms with van der Waals surface area (Å²) in [5, 5.41) is 9.54. The average Bonchev–Trinajstić information content (AvgIpc) is 2.97. The summed E-state index contributed by atoms with van der Waals surface area (Å²) in [4.78, 5) is 23.6. The lowest BCUT2D eigenvalue weighted by Crippen LogP contribution is -2.49. The Morgan fingerprint density at radius 2 is 2.13 bits per heavy atom. The second-order valence-electron chi connectivity index (χ2n) is 5.72. The second kappa shape index (κ2) is 6.45. The van der Waals surface area contributed by atoms with Crippen LogP contribution in [0.25, 0.3) is 11.0 Å². The number of H-pyrrole nitrogens is 1. The molecule has 1 atom stereocenters. The number of imidazole rings is 1. The number of ether oxygens (including phenoxy) is 1. The summed E-state index contributed by atoms with van der Waals surface area (Å²) in [5.74, 6) is 1.10. The highest BCUT2D eigenvalue weighted by molar-refractivity contribution is 5.76. The first-order valence-corrected chi connectivity index (χ1v) is 7.93. The molecule has 0 saturated carbocycles. The van der Waals surface area contributed by atoms with Gasteiger partial charge in [0.05, 0.1) is 23.7 Å². The molecular weight excluding hydrogens is 296 g/mol. The van der Waals surface area contributed by atoms with Crippen molar-refractivity contribution in [2.75, 3.05) is 32.8 Å². The van der Waals surface area contributed by atoms with Crippen molar-refractivity contribution in [1.82, 2.24) is 19.8 Å². The van der Waals surface area contributed by atoms with E-state index in [-0.39, 0.29) is 17.9 Å². The van der Waals surface area contributed by atoms with Gasteiger partial charge in [0, 0.05) is 32.2 Å². The lowest BCUT2D eigenvalue weighted by molar-refractivity contribution is 0.0675. The Kier molecular flexibility index (Phi) is 4.38. The van der Waals surface area contributed by atoms with Crippen LogP contribution in [0.15, 0.2) is 18.2 Å². The van der Waals surface area contributed by atoms with Crippen LogP contribution in [-0.2, 0) is 4.74 Å². The van der Waals surface area contributed by atoms with Gasteiger partial charge in [0.15, 0.2) is 0 Å². The third-order valence-electron chi connectivity index (χ3n) is 4.27. The largest absolute Gasteiger partial charge is 0.508 e. The van der Waals surface area contributed by atoms with Crippen molar-refractivity contribution in [3.63, 3.8) is 0 Å². The number of rotatable bonds is 3. The van der Waals surface area contributed by atoms with Crippen LogP contribution < -0.4 is 0 Å². The lowest BCUT2D eigenvalue weighted by atomic mass is 10.2. The van der Waals surface area contributed by atoms with Gasteiger partial charge in [0.25, 0.3) is 0 Å². The number of phenolic OH excluding ortho intramolecular Hbond substituents is 1. The molecule has 23 heavy (non-hydrogen) atoms. The van der Waals surface area contributed by atoms with E-state index in [0.717, 1.165) is 29.9 Å². The molecule has 2 N–H and O–H groups in total. The fraction of sp³-hybridized carbons (Fsp3) is 0.500. The maximum absolute atomic E-state index is 11.7. The molecule has 124 valence electrons. The zero-order valence-electron chi connectivity index (χ0n) is 13.5. The van der Waals surface area contributed by atoms with E-state index in [0.29, 0.717) is 19.7 Å². The maximum atomic E-state index is 11.7. The van der Waals surface area contributed by atoms with Crippen molar-refractivity contribution >= 4 is 17.1 Å². The monoisotopic (exact) mass is 318 g/mol. The molecule has 1 amide bonds. The van der Waals surface area contributed by atoms with Crippen molar-refractivity contribution in [2.24, 2.45) is 0 Å². The molecule has 1 aromatic heterocycles. The van der Waals surface area contributed by atoms with Gasteiger partial charge in [-0.3, -0.25) is 4.90 Å². The number of carbonyl (C=O) groups excluding carboxylic acids is 1. The number of carbonyl (C=O) groups is 1. The minimum Gasteiger partial charge on any atom is -0.508 e. The predicted octanol–water partition coefficient (Wildman–Crippen LogP) is 2.10. The van der Waals surface area contributed by atoms with Crippen LogP contribution in [0, 0.1) is 0 Å². The summed E-state index contributed by atoms with van der Waals surface area (Å²) in [6.45, 7) is 7.19. The number of hydrogen-bond acceptors (Lipinski definition) is 5. The second-order valence-corrected chi connectivity index (χ2v) is 5.72. The minimum absolute atomic E-state index is 0.119. The summed E-state index contributed by atoms with van der Waals surface area (Å²) in [6, 6.07) is 5.23. The lowest BCUT2D eigenvalue weighted by Gasteiger charge is -2.36. The van der Waals surface area contributed by atoms with Crippen LogP contribution in [0.5, 0.6) is 5.75 Å². The van der Waals surface area contributed by atoms with Gasteiger partial charge in [0.2, 0.25) is 0 Å². The highest BCUT2D eigenvalue weighted by Gasteiger charge is 2.26. The van der Waals surface area contributed by atoms with Gasteiger partial charge >= 0.3 is 6.09 Å². The number of aromatic nitrogens is 2. The molecule has 0 bridgehead atoms. The van der Waals surface area contributed by atoms with Gasteiger partial charge in [-0.15, -0.1) is 0 Å². The highest BCUT2D eigenvalue weighted by atomic mass is 16.6. The molecule has 7 heteroatoms. The molecule has 3 rings (SSSR count). The van der Waals surface area contributed by atoms with Crippen molar-refractivity contribution < 1.29 is 14.6 Å². The molecule has 0 spiro atoms. The number of aromatic amines is 1. The first-order valence-electron chi connectivity index (χ1n) is 7.93. The van der Waals surface area contributed by atoms with Gasteiger partial charge < -0.3 is 19.7 Å². The summed E-state index contributed by atoms with van der Waals surface area (Å²) in [6.07, 6.45) is -0.237. The Hall–Kier alpha value is -2.28. The number of piperazine rings is 1. The number of hydrogen-bond donors (Lipinski definition) is 2. The topological polar surface area (TPSA) is 81.7 Å². The normalized spacial score (nSPS) is 17.4. The Morgan fingerprint density at radius 1 is 1.39 bits per heavy atom. The SMILES string of the molecule is CCOC(=O)N1CCN(C(C)c2nc3ccc(O)cc3[nH]2)CC1. The molecule has 2 heterocycles. The smallest absolute Gasteiger partial charge is 0.409 e. The maximum Gasteiger partial charge on any atom is 0.409 e. The predicted molar refractivity (Wildman–Crippen MR) is 86.3 cm³/mol. The number of aromatic hydroxyl groups is 1. The van der Waals surface area contributed by atoms with Crippen LogP contribution in [0.1, 0.15) is 25.7 Å². The van der Waals surface area contributed by atoms with E-state index in [9.17, 15) is 9.90 Å². The summed E-state index contributed by atoms with van der Waals surface area (Å²) in [7, 11) is 0. The van der Waals surface area contributed by atoms with E-state index < -0.39 is 0 Å². The Bertz CT molecular complexity index is 692. The van der Waals surface area contributed by atoms with Gasteiger partial charge in [-0.05, 0) is 26.0 Å². The van der Waals surface area contributed by atoms with E-state index in [1.165, 1.54) is 0 Å². The standard InChI is InChI=1S/C16H22N4O3/c1-3-23-16(22)20-8-6-19(7-9-20)11(2)15-17-13-5-4-12(21)10-14(13)18-15/h4-5,10-11,21H,3,6-9H2,1-2H3,(H,17,18). The number of nitrogens with zero attached hydrogens (tertiary/aromatic N) is 3. The molecular formula is C16H22N4O3. The number of nitrogens with one attached hydrogen (secondary N) is 1. The first kappa shape index (κ1) is 15.6. The van der Waals surface area contributed by atoms with E-state index in [1.807, 2.05) is 6.92 Å². The Morgan fingerprint density at radius 3 is 2.83 bits per heavy atom. The van der Waals surface area contributed by atoms with Crippen LogP contribution in [0.4, 0.5) is 4.79 Å². The van der Waals surface area contributed by atoms with Crippen LogP contribution in [-0.4, -0.2) is 63.8 Å². The zero-order valence-corrected chi connectivity index (χ0v) is 13.5. The molecule has 0 aliphatic carbocycles. The number of phenols is 1. The molecule has 1 aliphatic rings. The molecule has 1 fully saturated rings. The fourth-order valence-electron chi connectivity index (χ4n) is 2.89. The molecule has 2 aromatic rings. The molecule has 1 unspecified atom stereocenters. The van der Waals surface area contributed by atoms with Crippen LogP contribution in [0.2, 0.25) is 0 Å². The van der Waals surface area contributed by atoms with Crippen LogP contribution >= 0.6 is 0 Å². The van der Waals surface area contributed by atoms with Crippen LogP contribution in [0.3, 0.4) is 0 Å². The molecule has 7 nitrogen and oxygen atoms in total.